The monoisotopic (exact) mass is 504 g/mol. The summed E-state index contributed by atoms with van der Waals surface area (Å²) in [4.78, 5) is 0. The van der Waals surface area contributed by atoms with Crippen molar-refractivity contribution >= 4 is 55.5 Å². The molecule has 0 saturated heterocycles. The average molecular weight is 505 g/mol. The Labute approximate surface area is 180 Å². The Morgan fingerprint density at radius 2 is 2.07 bits per heavy atom. The molecule has 0 fully saturated rings. The van der Waals surface area contributed by atoms with Gasteiger partial charge in [0.05, 0.1) is 31.3 Å². The minimum atomic E-state index is -4.57. The van der Waals surface area contributed by atoms with E-state index < -0.39 is 22.5 Å². The highest BCUT2D eigenvalue weighted by atomic mass is 79.9. The number of hydrogen-bond donors (Lipinski definition) is 0. The van der Waals surface area contributed by atoms with Crippen LogP contribution in [0.1, 0.15) is 16.7 Å². The van der Waals surface area contributed by atoms with E-state index in [1.165, 1.54) is 24.5 Å². The van der Waals surface area contributed by atoms with Crippen molar-refractivity contribution in [2.75, 3.05) is 12.5 Å². The highest BCUT2D eigenvalue weighted by Gasteiger charge is 2.34. The predicted molar refractivity (Wildman–Crippen MR) is 115 cm³/mol. The maximum atomic E-state index is 13.6. The summed E-state index contributed by atoms with van der Waals surface area (Å²) in [7, 11) is -1.42. The van der Waals surface area contributed by atoms with Gasteiger partial charge in [-0.2, -0.15) is 13.2 Å². The third-order valence-electron chi connectivity index (χ3n) is 4.08. The summed E-state index contributed by atoms with van der Waals surface area (Å²) < 4.78 is 64.7. The lowest BCUT2D eigenvalue weighted by atomic mass is 10.1. The summed E-state index contributed by atoms with van der Waals surface area (Å²) in [5, 5.41) is 0.855. The Hall–Kier alpha value is -1.71. The van der Waals surface area contributed by atoms with E-state index in [9.17, 15) is 17.4 Å². The molecule has 1 heterocycles. The van der Waals surface area contributed by atoms with E-state index >= 15 is 0 Å². The Bertz CT molecular complexity index is 1090. The van der Waals surface area contributed by atoms with Crippen molar-refractivity contribution in [1.29, 1.82) is 0 Å². The second-order valence-corrected chi connectivity index (χ2v) is 9.35. The number of halogens is 4. The van der Waals surface area contributed by atoms with Gasteiger partial charge in [0, 0.05) is 17.2 Å². The van der Waals surface area contributed by atoms with Crippen LogP contribution in [0.5, 0.6) is 5.75 Å². The lowest BCUT2D eigenvalue weighted by molar-refractivity contribution is -0.137. The summed E-state index contributed by atoms with van der Waals surface area (Å²) >= 11 is 4.56. The second-order valence-electron chi connectivity index (χ2n) is 6.04. The lowest BCUT2D eigenvalue weighted by Crippen LogP contribution is -2.09. The van der Waals surface area contributed by atoms with Gasteiger partial charge in [-0.25, -0.2) is 0 Å². The van der Waals surface area contributed by atoms with Gasteiger partial charge in [-0.3, -0.25) is 4.21 Å². The SMILES string of the molecule is CSC(=Cc1c(OCc2cc(Br)c3occc3c2)cccc1C(F)(F)F)S(C)=O. The molecule has 0 aliphatic rings. The lowest BCUT2D eigenvalue weighted by Gasteiger charge is -2.16. The number of furan rings is 1. The van der Waals surface area contributed by atoms with Gasteiger partial charge in [0.1, 0.15) is 17.9 Å². The van der Waals surface area contributed by atoms with Crippen LogP contribution in [-0.2, 0) is 23.6 Å². The summed E-state index contributed by atoms with van der Waals surface area (Å²) in [6.45, 7) is 0.0612. The first-order valence-electron chi connectivity index (χ1n) is 8.28. The molecule has 0 aliphatic carbocycles. The zero-order valence-corrected chi connectivity index (χ0v) is 18.6. The standard InChI is InChI=1S/C20H16BrF3O3S2/c1-28-18(29(2)25)10-14-15(20(22,23)24)4-3-5-17(14)27-11-12-8-13-6-7-26-19(13)16(21)9-12/h3-10H,11H2,1-2H3. The van der Waals surface area contributed by atoms with E-state index in [1.54, 1.807) is 24.7 Å². The van der Waals surface area contributed by atoms with Crippen molar-refractivity contribution in [2.24, 2.45) is 0 Å². The van der Waals surface area contributed by atoms with Gasteiger partial charge in [0.2, 0.25) is 0 Å². The fraction of sp³-hybridized carbons (Fsp3) is 0.200. The first-order chi connectivity index (χ1) is 13.7. The first-order valence-corrected chi connectivity index (χ1v) is 11.9. The maximum absolute atomic E-state index is 13.6. The number of rotatable bonds is 6. The molecule has 154 valence electrons. The fourth-order valence-corrected chi connectivity index (χ4v) is 4.86. The molecule has 1 aromatic heterocycles. The molecule has 0 radical (unpaired) electrons. The van der Waals surface area contributed by atoms with E-state index in [1.807, 2.05) is 6.07 Å². The molecule has 29 heavy (non-hydrogen) atoms. The van der Waals surface area contributed by atoms with E-state index in [4.69, 9.17) is 9.15 Å². The molecule has 0 bridgehead atoms. The van der Waals surface area contributed by atoms with Gasteiger partial charge in [0.25, 0.3) is 0 Å². The normalized spacial score (nSPS) is 13.7. The third-order valence-corrected chi connectivity index (χ3v) is 7.08. The first kappa shape index (κ1) is 22.0. The van der Waals surface area contributed by atoms with Crippen LogP contribution < -0.4 is 4.74 Å². The smallest absolute Gasteiger partial charge is 0.417 e. The van der Waals surface area contributed by atoms with Crippen LogP contribution >= 0.6 is 27.7 Å². The molecule has 0 N–H and O–H groups in total. The van der Waals surface area contributed by atoms with Gasteiger partial charge < -0.3 is 9.15 Å². The molecule has 0 aliphatic heterocycles. The van der Waals surface area contributed by atoms with Crippen molar-refractivity contribution < 1.29 is 26.5 Å². The van der Waals surface area contributed by atoms with Gasteiger partial charge >= 0.3 is 6.18 Å². The number of fused-ring (bicyclic) bond motifs is 1. The Balaban J connectivity index is 2.00. The fourth-order valence-electron chi connectivity index (χ4n) is 2.78. The van der Waals surface area contributed by atoms with Crippen LogP contribution in [-0.4, -0.2) is 16.7 Å². The molecule has 0 saturated carbocycles. The van der Waals surface area contributed by atoms with Crippen LogP contribution in [0.25, 0.3) is 17.0 Å². The van der Waals surface area contributed by atoms with Crippen molar-refractivity contribution in [2.45, 2.75) is 12.8 Å². The van der Waals surface area contributed by atoms with Crippen molar-refractivity contribution in [3.8, 4) is 5.75 Å². The van der Waals surface area contributed by atoms with E-state index in [0.29, 0.717) is 9.82 Å². The zero-order chi connectivity index (χ0) is 21.2. The molecule has 0 amide bonds. The Morgan fingerprint density at radius 1 is 1.31 bits per heavy atom. The summed E-state index contributed by atoms with van der Waals surface area (Å²) in [5.74, 6) is 0.0697. The summed E-state index contributed by atoms with van der Waals surface area (Å²) in [5.41, 5.74) is 0.482. The molecular weight excluding hydrogens is 489 g/mol. The van der Waals surface area contributed by atoms with Crippen LogP contribution in [0.3, 0.4) is 0 Å². The van der Waals surface area contributed by atoms with Crippen LogP contribution in [0, 0.1) is 0 Å². The number of thioether (sulfide) groups is 1. The number of benzene rings is 2. The van der Waals surface area contributed by atoms with Gasteiger partial charge in [-0.05, 0) is 64.2 Å². The molecule has 2 aromatic carbocycles. The minimum absolute atomic E-state index is 0.0612. The predicted octanol–water partition coefficient (Wildman–Crippen LogP) is 6.83. The topological polar surface area (TPSA) is 39.4 Å². The molecule has 1 unspecified atom stereocenters. The number of ether oxygens (including phenoxy) is 1. The van der Waals surface area contributed by atoms with Gasteiger partial charge in [0.15, 0.2) is 0 Å². The Morgan fingerprint density at radius 3 is 2.72 bits per heavy atom. The summed E-state index contributed by atoms with van der Waals surface area (Å²) in [6.07, 6.45) is 1.37. The molecular formula is C20H16BrF3O3S2. The quantitative estimate of drug-likeness (QED) is 0.368. The van der Waals surface area contributed by atoms with Crippen molar-refractivity contribution in [3.63, 3.8) is 0 Å². The average Bonchev–Trinajstić information content (AvgIpc) is 3.12. The third kappa shape index (κ3) is 5.07. The molecule has 3 aromatic rings. The second kappa shape index (κ2) is 8.97. The highest BCUT2D eigenvalue weighted by molar-refractivity contribution is 9.10. The van der Waals surface area contributed by atoms with Crippen molar-refractivity contribution in [3.05, 3.63) is 68.1 Å². The van der Waals surface area contributed by atoms with E-state index in [-0.39, 0.29) is 17.9 Å². The minimum Gasteiger partial charge on any atom is -0.488 e. The van der Waals surface area contributed by atoms with E-state index in [0.717, 1.165) is 33.3 Å². The molecule has 1 atom stereocenters. The number of alkyl halides is 3. The van der Waals surface area contributed by atoms with E-state index in [2.05, 4.69) is 15.9 Å². The van der Waals surface area contributed by atoms with Crippen LogP contribution in [0.15, 0.2) is 55.8 Å². The van der Waals surface area contributed by atoms with Crippen molar-refractivity contribution in [1.82, 2.24) is 0 Å². The molecule has 3 rings (SSSR count). The highest BCUT2D eigenvalue weighted by Crippen LogP contribution is 2.39. The zero-order valence-electron chi connectivity index (χ0n) is 15.4. The molecule has 0 spiro atoms. The Kier molecular flexibility index (Phi) is 6.80. The maximum Gasteiger partial charge on any atom is 0.417 e. The van der Waals surface area contributed by atoms with Gasteiger partial charge in [-0.15, -0.1) is 11.8 Å². The van der Waals surface area contributed by atoms with Crippen LogP contribution in [0.2, 0.25) is 0 Å². The molecule has 3 nitrogen and oxygen atoms in total. The number of hydrogen-bond acceptors (Lipinski definition) is 4. The van der Waals surface area contributed by atoms with Crippen LogP contribution in [0.4, 0.5) is 13.2 Å². The van der Waals surface area contributed by atoms with Gasteiger partial charge in [-0.1, -0.05) is 6.07 Å². The summed E-state index contributed by atoms with van der Waals surface area (Å²) in [6, 6.07) is 9.20. The molecule has 9 heteroatoms. The largest absolute Gasteiger partial charge is 0.488 e.